The van der Waals surface area contributed by atoms with E-state index in [1.807, 2.05) is 0 Å². The Bertz CT molecular complexity index is 895. The summed E-state index contributed by atoms with van der Waals surface area (Å²) >= 11 is 1.08. The van der Waals surface area contributed by atoms with Crippen LogP contribution in [0.15, 0.2) is 18.5 Å². The zero-order valence-electron chi connectivity index (χ0n) is 17.7. The maximum Gasteiger partial charge on any atom is 0.424 e. The van der Waals surface area contributed by atoms with Crippen LogP contribution in [-0.4, -0.2) is 40.9 Å². The van der Waals surface area contributed by atoms with Gasteiger partial charge in [0, 0.05) is 17.8 Å². The first-order valence-corrected chi connectivity index (χ1v) is 9.95. The molecule has 2 aromatic heterocycles. The quantitative estimate of drug-likeness (QED) is 0.498. The second kappa shape index (κ2) is 8.36. The fourth-order valence-corrected chi connectivity index (χ4v) is 3.42. The van der Waals surface area contributed by atoms with E-state index in [1.165, 1.54) is 6.20 Å². The van der Waals surface area contributed by atoms with Crippen LogP contribution in [0, 0.1) is 0 Å². The summed E-state index contributed by atoms with van der Waals surface area (Å²) < 4.78 is 16.6. The van der Waals surface area contributed by atoms with E-state index in [2.05, 4.69) is 4.98 Å². The lowest BCUT2D eigenvalue weighted by Gasteiger charge is -2.28. The number of aromatic nitrogens is 1. The first-order chi connectivity index (χ1) is 13.3. The molecule has 29 heavy (non-hydrogen) atoms. The molecule has 2 rings (SSSR count). The number of anilines is 1. The van der Waals surface area contributed by atoms with Gasteiger partial charge in [0.1, 0.15) is 16.1 Å². The molecule has 0 N–H and O–H groups in total. The third-order valence-corrected chi connectivity index (χ3v) is 4.41. The first-order valence-electron chi connectivity index (χ1n) is 9.13. The first kappa shape index (κ1) is 22.6. The van der Waals surface area contributed by atoms with E-state index in [4.69, 9.17) is 14.2 Å². The molecule has 0 bridgehead atoms. The molecule has 0 aliphatic rings. The normalized spacial score (nSPS) is 11.8. The molecular formula is C20H26N2O6S. The molecule has 0 saturated heterocycles. The van der Waals surface area contributed by atoms with E-state index in [1.54, 1.807) is 60.7 Å². The van der Waals surface area contributed by atoms with Gasteiger partial charge in [-0.05, 0) is 54.5 Å². The predicted octanol–water partition coefficient (Wildman–Crippen LogP) is 5.15. The van der Waals surface area contributed by atoms with E-state index in [-0.39, 0.29) is 17.2 Å². The van der Waals surface area contributed by atoms with Gasteiger partial charge in [0.15, 0.2) is 0 Å². The van der Waals surface area contributed by atoms with Crippen LogP contribution in [0.1, 0.15) is 58.1 Å². The summed E-state index contributed by atoms with van der Waals surface area (Å²) in [6.45, 7) is 11.9. The Kier molecular flexibility index (Phi) is 6.52. The number of rotatable bonds is 3. The van der Waals surface area contributed by atoms with Crippen molar-refractivity contribution in [2.45, 2.75) is 59.7 Å². The molecule has 0 saturated carbocycles. The lowest BCUT2D eigenvalue weighted by atomic mass is 10.2. The van der Waals surface area contributed by atoms with Crippen molar-refractivity contribution in [3.05, 3.63) is 23.3 Å². The van der Waals surface area contributed by atoms with Gasteiger partial charge in [-0.2, -0.15) is 4.90 Å². The number of thiophene rings is 1. The lowest BCUT2D eigenvalue weighted by Crippen LogP contribution is -2.44. The monoisotopic (exact) mass is 422 g/mol. The van der Waals surface area contributed by atoms with Crippen LogP contribution in [-0.2, 0) is 14.2 Å². The van der Waals surface area contributed by atoms with Gasteiger partial charge in [-0.25, -0.2) is 14.4 Å². The van der Waals surface area contributed by atoms with Gasteiger partial charge in [0.05, 0.1) is 17.0 Å². The van der Waals surface area contributed by atoms with Crippen LogP contribution in [0.2, 0.25) is 0 Å². The number of nitrogens with zero attached hydrogens (tertiary/aromatic N) is 2. The predicted molar refractivity (Wildman–Crippen MR) is 111 cm³/mol. The number of esters is 1. The minimum atomic E-state index is -0.950. The number of fused-ring (bicyclic) bond motifs is 1. The molecule has 0 aliphatic heterocycles. The van der Waals surface area contributed by atoms with Crippen molar-refractivity contribution in [1.29, 1.82) is 0 Å². The maximum absolute atomic E-state index is 13.0. The minimum Gasteiger partial charge on any atom is -0.462 e. The topological polar surface area (TPSA) is 95.0 Å². The van der Waals surface area contributed by atoms with Crippen LogP contribution in [0.25, 0.3) is 10.1 Å². The van der Waals surface area contributed by atoms with Crippen molar-refractivity contribution >= 4 is 45.3 Å². The molecule has 0 atom stereocenters. The zero-order valence-corrected chi connectivity index (χ0v) is 18.5. The Morgan fingerprint density at radius 1 is 1.03 bits per heavy atom. The highest BCUT2D eigenvalue weighted by Crippen LogP contribution is 2.39. The van der Waals surface area contributed by atoms with Crippen LogP contribution in [0.5, 0.6) is 0 Å². The van der Waals surface area contributed by atoms with Gasteiger partial charge in [-0.15, -0.1) is 11.3 Å². The van der Waals surface area contributed by atoms with Crippen LogP contribution in [0.4, 0.5) is 15.3 Å². The molecule has 8 nitrogen and oxygen atoms in total. The van der Waals surface area contributed by atoms with Gasteiger partial charge in [-0.3, -0.25) is 4.98 Å². The van der Waals surface area contributed by atoms with Gasteiger partial charge >= 0.3 is 18.2 Å². The summed E-state index contributed by atoms with van der Waals surface area (Å²) in [7, 11) is 0. The Hall–Kier alpha value is -2.68. The molecule has 2 aromatic rings. The molecule has 2 heterocycles. The lowest BCUT2D eigenvalue weighted by molar-refractivity contribution is 0.0431. The summed E-state index contributed by atoms with van der Waals surface area (Å²) in [5.41, 5.74) is -1.67. The molecule has 0 radical (unpaired) electrons. The highest BCUT2D eigenvalue weighted by molar-refractivity contribution is 7.21. The number of ether oxygens (including phenoxy) is 3. The Morgan fingerprint density at radius 3 is 2.07 bits per heavy atom. The van der Waals surface area contributed by atoms with Gasteiger partial charge in [-0.1, -0.05) is 0 Å². The van der Waals surface area contributed by atoms with Gasteiger partial charge in [0.25, 0.3) is 0 Å². The number of imide groups is 1. The number of amides is 2. The fraction of sp³-hybridized carbons (Fsp3) is 0.500. The summed E-state index contributed by atoms with van der Waals surface area (Å²) in [6.07, 6.45) is 1.16. The summed E-state index contributed by atoms with van der Waals surface area (Å²) in [5, 5.41) is 0.491. The Morgan fingerprint density at radius 2 is 1.59 bits per heavy atom. The standard InChI is InChI=1S/C20H26N2O6S/c1-8-26-16(23)15-14(12-9-10-21-11-13(12)29-15)22(17(24)27-19(2,3)4)18(25)28-20(5,6)7/h9-11H,8H2,1-7H3. The van der Waals surface area contributed by atoms with Crippen LogP contribution in [0.3, 0.4) is 0 Å². The molecule has 0 unspecified atom stereocenters. The molecule has 0 spiro atoms. The van der Waals surface area contributed by atoms with Gasteiger partial charge in [0.2, 0.25) is 0 Å². The molecule has 2 amide bonds. The average molecular weight is 423 g/mol. The second-order valence-corrected chi connectivity index (χ2v) is 9.22. The summed E-state index contributed by atoms with van der Waals surface area (Å²) in [4.78, 5) is 43.5. The van der Waals surface area contributed by atoms with Gasteiger partial charge < -0.3 is 14.2 Å². The number of pyridine rings is 1. The molecule has 158 valence electrons. The summed E-state index contributed by atoms with van der Waals surface area (Å²) in [5.74, 6) is -0.652. The second-order valence-electron chi connectivity index (χ2n) is 8.17. The third-order valence-electron chi connectivity index (χ3n) is 3.30. The van der Waals surface area contributed by atoms with Crippen molar-refractivity contribution in [2.24, 2.45) is 0 Å². The maximum atomic E-state index is 13.0. The van der Waals surface area contributed by atoms with Crippen LogP contribution >= 0.6 is 11.3 Å². The Balaban J connectivity index is 2.70. The number of carbonyl (C=O) groups is 3. The number of hydrogen-bond donors (Lipinski definition) is 0. The van der Waals surface area contributed by atoms with Crippen molar-refractivity contribution in [1.82, 2.24) is 4.98 Å². The summed E-state index contributed by atoms with van der Waals surface area (Å²) in [6, 6.07) is 1.62. The molecular weight excluding hydrogens is 396 g/mol. The average Bonchev–Trinajstić information content (AvgIpc) is 2.91. The zero-order chi connectivity index (χ0) is 22.0. The minimum absolute atomic E-state index is 0.0642. The van der Waals surface area contributed by atoms with Crippen molar-refractivity contribution in [2.75, 3.05) is 11.5 Å². The molecule has 0 aromatic carbocycles. The number of hydrogen-bond acceptors (Lipinski definition) is 8. The molecule has 0 aliphatic carbocycles. The highest BCUT2D eigenvalue weighted by atomic mass is 32.1. The van der Waals surface area contributed by atoms with E-state index >= 15 is 0 Å². The van der Waals surface area contributed by atoms with E-state index < -0.39 is 29.4 Å². The fourth-order valence-electron chi connectivity index (χ4n) is 2.37. The van der Waals surface area contributed by atoms with Crippen molar-refractivity contribution in [3.8, 4) is 0 Å². The van der Waals surface area contributed by atoms with Crippen molar-refractivity contribution < 1.29 is 28.6 Å². The Labute approximate surface area is 173 Å². The third kappa shape index (κ3) is 5.66. The van der Waals surface area contributed by atoms with E-state index in [0.29, 0.717) is 10.1 Å². The smallest absolute Gasteiger partial charge is 0.424 e. The van der Waals surface area contributed by atoms with Crippen molar-refractivity contribution in [3.63, 3.8) is 0 Å². The van der Waals surface area contributed by atoms with E-state index in [0.717, 1.165) is 16.2 Å². The molecule has 9 heteroatoms. The highest BCUT2D eigenvalue weighted by Gasteiger charge is 2.37. The number of carbonyl (C=O) groups excluding carboxylic acids is 3. The molecule has 0 fully saturated rings. The largest absolute Gasteiger partial charge is 0.462 e. The van der Waals surface area contributed by atoms with Crippen LogP contribution < -0.4 is 4.90 Å². The SMILES string of the molecule is CCOC(=O)c1sc2cnccc2c1N(C(=O)OC(C)(C)C)C(=O)OC(C)(C)C. The van der Waals surface area contributed by atoms with E-state index in [9.17, 15) is 14.4 Å².